The molecular weight excluding hydrogens is 258 g/mol. The highest BCUT2D eigenvalue weighted by atomic mass is 32.2. The molecule has 19 heavy (non-hydrogen) atoms. The van der Waals surface area contributed by atoms with Crippen LogP contribution in [0.15, 0.2) is 22.6 Å². The van der Waals surface area contributed by atoms with E-state index in [1.807, 2.05) is 30.0 Å². The van der Waals surface area contributed by atoms with E-state index in [4.69, 9.17) is 10.2 Å². The first-order valence-electron chi connectivity index (χ1n) is 6.48. The topological polar surface area (TPSA) is 55.3 Å². The predicted molar refractivity (Wildman–Crippen MR) is 82.3 cm³/mol. The highest BCUT2D eigenvalue weighted by Crippen LogP contribution is 2.20. The molecule has 0 saturated carbocycles. The number of hydrogen-bond donors (Lipinski definition) is 1. The van der Waals surface area contributed by atoms with Gasteiger partial charge in [-0.1, -0.05) is 6.92 Å². The molecule has 2 aromatic rings. The third kappa shape index (κ3) is 3.42. The Kier molecular flexibility index (Phi) is 4.71. The molecule has 0 aliphatic carbocycles. The molecule has 1 aromatic carbocycles. The minimum absolute atomic E-state index is 0.551. The molecule has 0 aliphatic rings. The van der Waals surface area contributed by atoms with E-state index in [2.05, 4.69) is 30.1 Å². The fourth-order valence-corrected chi connectivity index (χ4v) is 3.03. The Morgan fingerprint density at radius 1 is 1.47 bits per heavy atom. The summed E-state index contributed by atoms with van der Waals surface area (Å²) in [5, 5.41) is 0. The molecule has 1 aromatic heterocycles. The molecule has 5 heteroatoms. The average molecular weight is 279 g/mol. The van der Waals surface area contributed by atoms with Gasteiger partial charge in [0, 0.05) is 17.5 Å². The number of oxazole rings is 1. The summed E-state index contributed by atoms with van der Waals surface area (Å²) in [6.07, 6.45) is 3.27. The Morgan fingerprint density at radius 3 is 2.95 bits per heavy atom. The molecular formula is C14H21N3OS. The molecule has 0 amide bonds. The van der Waals surface area contributed by atoms with Crippen molar-refractivity contribution in [3.63, 3.8) is 0 Å². The van der Waals surface area contributed by atoms with Crippen molar-refractivity contribution in [1.29, 1.82) is 0 Å². The van der Waals surface area contributed by atoms with Gasteiger partial charge in [0.15, 0.2) is 5.58 Å². The number of benzene rings is 1. The van der Waals surface area contributed by atoms with Gasteiger partial charge < -0.3 is 10.2 Å². The van der Waals surface area contributed by atoms with Crippen LogP contribution >= 0.6 is 11.8 Å². The van der Waals surface area contributed by atoms with Crippen molar-refractivity contribution in [3.8, 4) is 0 Å². The van der Waals surface area contributed by atoms with Gasteiger partial charge in [-0.2, -0.15) is 11.8 Å². The maximum Gasteiger partial charge on any atom is 0.209 e. The van der Waals surface area contributed by atoms with Crippen LogP contribution in [0.1, 0.15) is 19.2 Å². The minimum Gasteiger partial charge on any atom is -0.439 e. The Morgan fingerprint density at radius 2 is 2.26 bits per heavy atom. The van der Waals surface area contributed by atoms with Crippen LogP contribution in [0.4, 0.5) is 5.69 Å². The van der Waals surface area contributed by atoms with E-state index < -0.39 is 0 Å². The van der Waals surface area contributed by atoms with Crippen LogP contribution in [-0.4, -0.2) is 35.0 Å². The van der Waals surface area contributed by atoms with Crippen LogP contribution < -0.4 is 5.73 Å². The number of nitrogens with zero attached hydrogens (tertiary/aromatic N) is 2. The lowest BCUT2D eigenvalue weighted by atomic mass is 10.2. The quantitative estimate of drug-likeness (QED) is 0.824. The molecule has 2 rings (SSSR count). The number of aromatic nitrogens is 1. The molecule has 1 unspecified atom stereocenters. The van der Waals surface area contributed by atoms with Gasteiger partial charge in [-0.05, 0) is 37.9 Å². The third-order valence-corrected chi connectivity index (χ3v) is 4.01. The SMILES string of the molecule is CCC(CSC)N(C)Cc1nc2cc(N)ccc2o1. The first-order chi connectivity index (χ1) is 9.13. The first kappa shape index (κ1) is 14.2. The van der Waals surface area contributed by atoms with Crippen LogP contribution in [0.5, 0.6) is 0 Å². The molecule has 0 fully saturated rings. The average Bonchev–Trinajstić information content (AvgIpc) is 2.76. The number of nitrogens with two attached hydrogens (primary N) is 1. The van der Waals surface area contributed by atoms with E-state index in [9.17, 15) is 0 Å². The standard InChI is InChI=1S/C14H21N3OS/c1-4-11(9-19-3)17(2)8-14-16-12-7-10(15)5-6-13(12)18-14/h5-7,11H,4,8-9,15H2,1-3H3. The summed E-state index contributed by atoms with van der Waals surface area (Å²) in [7, 11) is 2.12. The summed E-state index contributed by atoms with van der Waals surface area (Å²) < 4.78 is 5.75. The lowest BCUT2D eigenvalue weighted by Crippen LogP contribution is -2.32. The molecule has 0 bridgehead atoms. The van der Waals surface area contributed by atoms with Crippen molar-refractivity contribution in [2.24, 2.45) is 0 Å². The summed E-state index contributed by atoms with van der Waals surface area (Å²) in [6.45, 7) is 2.94. The minimum atomic E-state index is 0.551. The van der Waals surface area contributed by atoms with Gasteiger partial charge in [-0.3, -0.25) is 4.90 Å². The van der Waals surface area contributed by atoms with Gasteiger partial charge >= 0.3 is 0 Å². The summed E-state index contributed by atoms with van der Waals surface area (Å²) >= 11 is 1.87. The molecule has 0 saturated heterocycles. The van der Waals surface area contributed by atoms with Crippen molar-refractivity contribution in [1.82, 2.24) is 9.88 Å². The molecule has 104 valence electrons. The van der Waals surface area contributed by atoms with E-state index in [0.29, 0.717) is 6.04 Å². The highest BCUT2D eigenvalue weighted by Gasteiger charge is 2.15. The third-order valence-electron chi connectivity index (χ3n) is 3.29. The number of thioether (sulfide) groups is 1. The van der Waals surface area contributed by atoms with Gasteiger partial charge in [-0.25, -0.2) is 4.98 Å². The van der Waals surface area contributed by atoms with Gasteiger partial charge in [0.2, 0.25) is 5.89 Å². The molecule has 0 spiro atoms. The van der Waals surface area contributed by atoms with Crippen molar-refractivity contribution in [2.45, 2.75) is 25.9 Å². The van der Waals surface area contributed by atoms with E-state index in [1.165, 1.54) is 0 Å². The van der Waals surface area contributed by atoms with Gasteiger partial charge in [-0.15, -0.1) is 0 Å². The normalized spacial score (nSPS) is 13.3. The van der Waals surface area contributed by atoms with Crippen LogP contribution in [0.2, 0.25) is 0 Å². The van der Waals surface area contributed by atoms with Gasteiger partial charge in [0.1, 0.15) is 5.52 Å². The van der Waals surface area contributed by atoms with Crippen LogP contribution in [0.3, 0.4) is 0 Å². The zero-order valence-electron chi connectivity index (χ0n) is 11.7. The van der Waals surface area contributed by atoms with E-state index >= 15 is 0 Å². The Balaban J connectivity index is 2.12. The smallest absolute Gasteiger partial charge is 0.209 e. The fraction of sp³-hybridized carbons (Fsp3) is 0.500. The zero-order valence-corrected chi connectivity index (χ0v) is 12.5. The molecule has 2 N–H and O–H groups in total. The van der Waals surface area contributed by atoms with Crippen LogP contribution in [-0.2, 0) is 6.54 Å². The highest BCUT2D eigenvalue weighted by molar-refractivity contribution is 7.98. The van der Waals surface area contributed by atoms with Crippen molar-refractivity contribution < 1.29 is 4.42 Å². The van der Waals surface area contributed by atoms with Crippen LogP contribution in [0.25, 0.3) is 11.1 Å². The second kappa shape index (κ2) is 6.30. The second-order valence-electron chi connectivity index (χ2n) is 4.77. The largest absolute Gasteiger partial charge is 0.439 e. The fourth-order valence-electron chi connectivity index (χ4n) is 2.15. The molecule has 1 atom stereocenters. The maximum atomic E-state index is 5.75. The number of rotatable bonds is 6. The Labute approximate surface area is 118 Å². The number of nitrogen functional groups attached to an aromatic ring is 1. The van der Waals surface area contributed by atoms with Crippen molar-refractivity contribution >= 4 is 28.5 Å². The van der Waals surface area contributed by atoms with Crippen molar-refractivity contribution in [3.05, 3.63) is 24.1 Å². The zero-order chi connectivity index (χ0) is 13.8. The lowest BCUT2D eigenvalue weighted by molar-refractivity contribution is 0.226. The first-order valence-corrected chi connectivity index (χ1v) is 7.87. The molecule has 0 aliphatic heterocycles. The number of hydrogen-bond acceptors (Lipinski definition) is 5. The van der Waals surface area contributed by atoms with Crippen molar-refractivity contribution in [2.75, 3.05) is 24.8 Å². The Bertz CT molecular complexity index is 540. The lowest BCUT2D eigenvalue weighted by Gasteiger charge is -2.24. The van der Waals surface area contributed by atoms with Gasteiger partial charge in [0.25, 0.3) is 0 Å². The second-order valence-corrected chi connectivity index (χ2v) is 5.68. The van der Waals surface area contributed by atoms with E-state index in [-0.39, 0.29) is 0 Å². The number of fused-ring (bicyclic) bond motifs is 1. The molecule has 1 heterocycles. The summed E-state index contributed by atoms with van der Waals surface area (Å²) in [5.74, 6) is 1.88. The summed E-state index contributed by atoms with van der Waals surface area (Å²) in [4.78, 5) is 6.79. The number of anilines is 1. The Hall–Kier alpha value is -1.20. The monoisotopic (exact) mass is 279 g/mol. The predicted octanol–water partition coefficient (Wildman–Crippen LogP) is 2.98. The molecule has 0 radical (unpaired) electrons. The summed E-state index contributed by atoms with van der Waals surface area (Å²) in [5.41, 5.74) is 8.10. The summed E-state index contributed by atoms with van der Waals surface area (Å²) in [6, 6.07) is 6.11. The van der Waals surface area contributed by atoms with E-state index in [0.717, 1.165) is 41.4 Å². The maximum absolute atomic E-state index is 5.75. The van der Waals surface area contributed by atoms with E-state index in [1.54, 1.807) is 0 Å². The molecule has 4 nitrogen and oxygen atoms in total. The van der Waals surface area contributed by atoms with Crippen LogP contribution in [0, 0.1) is 0 Å². The van der Waals surface area contributed by atoms with Gasteiger partial charge in [0.05, 0.1) is 6.54 Å².